The molecule has 6 atom stereocenters. The first-order chi connectivity index (χ1) is 30.4. The Kier molecular flexibility index (Phi) is 10.8. The summed E-state index contributed by atoms with van der Waals surface area (Å²) in [6, 6.07) is 13.8. The molecule has 4 saturated heterocycles. The average Bonchev–Trinajstić information content (AvgIpc) is 4.01. The smallest absolute Gasteiger partial charge is 0.410 e. The second-order valence-corrected chi connectivity index (χ2v) is 20.7. The summed E-state index contributed by atoms with van der Waals surface area (Å²) in [5, 5.41) is 23.2. The first-order valence-corrected chi connectivity index (χ1v) is 23.1. The number of halogens is 3. The van der Waals surface area contributed by atoms with E-state index in [0.29, 0.717) is 58.2 Å². The summed E-state index contributed by atoms with van der Waals surface area (Å²) in [5.74, 6) is -1.27. The van der Waals surface area contributed by atoms with Gasteiger partial charge in [-0.1, -0.05) is 47.5 Å². The second-order valence-electron chi connectivity index (χ2n) is 18.0. The summed E-state index contributed by atoms with van der Waals surface area (Å²) in [6.07, 6.45) is 0.105. The Balaban J connectivity index is 1.28. The van der Waals surface area contributed by atoms with Crippen molar-refractivity contribution >= 4 is 72.9 Å². The highest BCUT2D eigenvalue weighted by Crippen LogP contribution is 2.56. The topological polar surface area (TPSA) is 181 Å². The third-order valence-corrected chi connectivity index (χ3v) is 15.9. The number of sulfonamides is 1. The Bertz CT molecular complexity index is 2970. The van der Waals surface area contributed by atoms with Crippen LogP contribution in [0, 0.1) is 46.0 Å². The molecule has 1 aliphatic carbocycles. The average molecular weight is 933 g/mol. The number of rotatable bonds is 8. The fourth-order valence-corrected chi connectivity index (χ4v) is 12.7. The fourth-order valence-electron chi connectivity index (χ4n) is 10.6. The lowest BCUT2D eigenvalue weighted by molar-refractivity contribution is -0.387. The maximum atomic E-state index is 17.6. The molecule has 64 heavy (non-hydrogen) atoms. The van der Waals surface area contributed by atoms with Crippen molar-refractivity contribution in [3.05, 3.63) is 97.5 Å². The molecule has 10 rings (SSSR count). The van der Waals surface area contributed by atoms with Crippen molar-refractivity contribution in [2.45, 2.75) is 88.0 Å². The van der Waals surface area contributed by atoms with E-state index in [9.17, 15) is 33.4 Å². The number of nitro benzene ring substituents is 1. The number of fused-ring (bicyclic) bond motifs is 6. The number of benzene rings is 3. The van der Waals surface area contributed by atoms with E-state index in [1.165, 1.54) is 29.6 Å². The van der Waals surface area contributed by atoms with Crippen molar-refractivity contribution in [1.82, 2.24) is 23.7 Å². The number of aromatic nitrogens is 2. The zero-order valence-electron chi connectivity index (χ0n) is 35.5. The molecular weight excluding hydrogens is 889 g/mol. The van der Waals surface area contributed by atoms with Crippen molar-refractivity contribution in [3.63, 3.8) is 0 Å². The van der Waals surface area contributed by atoms with Gasteiger partial charge in [0.2, 0.25) is 10.0 Å². The van der Waals surface area contributed by atoms with Crippen LogP contribution in [0.1, 0.15) is 69.1 Å². The minimum absolute atomic E-state index is 0.0371. The SMILES string of the molecule is COC(=O)N1[C@@H]2C[C@@H](CN(S(=O)(=O)c3ccccc3[N+](=O)[O-])C2)[C@@H]1c1cc2c(C)nc3c(F)c(-c4cccc(Cl)c4Cl)c(CCC#N)cc3c2n1[C@H]1[C@@H]2C[C@H]1N(C(=O)OC(C)(C)C)C2. The lowest BCUT2D eigenvalue weighted by Gasteiger charge is -2.41. The van der Waals surface area contributed by atoms with E-state index in [1.807, 2.05) is 12.1 Å². The highest BCUT2D eigenvalue weighted by atomic mass is 35.5. The van der Waals surface area contributed by atoms with Crippen molar-refractivity contribution in [1.29, 1.82) is 5.26 Å². The predicted octanol–water partition coefficient (Wildman–Crippen LogP) is 9.36. The molecule has 5 aromatic rings. The number of carbonyl (C=O) groups is 2. The van der Waals surface area contributed by atoms with Gasteiger partial charge in [0.05, 0.1) is 51.8 Å². The molecule has 0 unspecified atom stereocenters. The van der Waals surface area contributed by atoms with Gasteiger partial charge in [-0.2, -0.15) is 9.57 Å². The number of nitrogens with zero attached hydrogens (tertiary/aromatic N) is 7. The molecule has 0 radical (unpaired) electrons. The molecule has 0 N–H and O–H groups in total. The molecular formula is C45H44Cl2FN7O8S. The van der Waals surface area contributed by atoms with Crippen LogP contribution in [0.25, 0.3) is 32.9 Å². The van der Waals surface area contributed by atoms with Crippen LogP contribution in [-0.4, -0.2) is 93.6 Å². The largest absolute Gasteiger partial charge is 0.453 e. The van der Waals surface area contributed by atoms with Crippen LogP contribution in [-0.2, 0) is 25.9 Å². The molecule has 6 heterocycles. The molecule has 4 aliphatic heterocycles. The number of likely N-dealkylation sites (tertiary alicyclic amines) is 1. The maximum Gasteiger partial charge on any atom is 0.410 e. The summed E-state index contributed by atoms with van der Waals surface area (Å²) >= 11 is 13.2. The lowest BCUT2D eigenvalue weighted by Crippen LogP contribution is -2.46. The van der Waals surface area contributed by atoms with Gasteiger partial charge in [0.1, 0.15) is 11.1 Å². The van der Waals surface area contributed by atoms with Crippen LogP contribution in [0.4, 0.5) is 19.7 Å². The predicted molar refractivity (Wildman–Crippen MR) is 236 cm³/mol. The number of nitro groups is 1. The zero-order chi connectivity index (χ0) is 45.7. The van der Waals surface area contributed by atoms with Crippen LogP contribution in [0.2, 0.25) is 10.0 Å². The number of amides is 2. The number of ether oxygens (including phenoxy) is 2. The van der Waals surface area contributed by atoms with E-state index in [0.717, 1.165) is 6.07 Å². The van der Waals surface area contributed by atoms with Crippen LogP contribution in [0.5, 0.6) is 0 Å². The second kappa shape index (κ2) is 15.9. The molecule has 2 amide bonds. The summed E-state index contributed by atoms with van der Waals surface area (Å²) in [4.78, 5) is 46.8. The minimum Gasteiger partial charge on any atom is -0.453 e. The molecule has 2 aromatic heterocycles. The number of carbonyl (C=O) groups excluding carboxylic acids is 2. The summed E-state index contributed by atoms with van der Waals surface area (Å²) in [5.41, 5.74) is 1.39. The highest BCUT2D eigenvalue weighted by Gasteiger charge is 2.59. The number of hydrogen-bond acceptors (Lipinski definition) is 10. The molecule has 3 aromatic carbocycles. The quantitative estimate of drug-likeness (QED) is 0.107. The third kappa shape index (κ3) is 6.92. The number of hydrogen-bond donors (Lipinski definition) is 0. The Labute approximate surface area is 378 Å². The van der Waals surface area contributed by atoms with Crippen molar-refractivity contribution in [2.24, 2.45) is 11.8 Å². The molecule has 5 fully saturated rings. The molecule has 19 heteroatoms. The van der Waals surface area contributed by atoms with Gasteiger partial charge in [-0.05, 0) is 76.8 Å². The number of piperidine rings is 1. The maximum absolute atomic E-state index is 17.6. The van der Waals surface area contributed by atoms with Gasteiger partial charge >= 0.3 is 12.2 Å². The van der Waals surface area contributed by atoms with Gasteiger partial charge in [-0.25, -0.2) is 27.4 Å². The number of para-hydroxylation sites is 1. The van der Waals surface area contributed by atoms with Gasteiger partial charge in [0, 0.05) is 83.3 Å². The Hall–Kier alpha value is -5.54. The standard InChI is InChI=1S/C45H44Cl2FN7O8S/c1-23-29-19-34(41-25-16-27(53(41)44(57)62-5)22-51(20-25)64(60,61)35-14-7-6-13-32(35)55(58)59)54(40-26-18-33(40)52(21-26)43(56)63-45(2,3)4)42(29)30-17-24(10-9-15-49)36(38(48)39(30)50-23)28-11-8-12-31(46)37(28)47/h6-8,11-14,17,19,25-27,33,40-41H,9-10,16,18,20-22H2,1-5H3/t25-,26+,27+,33+,40-,41+/m0/s1. The van der Waals surface area contributed by atoms with Gasteiger partial charge in [-0.3, -0.25) is 15.0 Å². The van der Waals surface area contributed by atoms with Gasteiger partial charge in [-0.15, -0.1) is 0 Å². The Morgan fingerprint density at radius 2 is 1.78 bits per heavy atom. The van der Waals surface area contributed by atoms with Crippen LogP contribution < -0.4 is 0 Å². The third-order valence-electron chi connectivity index (χ3n) is 13.2. The number of nitriles is 1. The van der Waals surface area contributed by atoms with Gasteiger partial charge in [0.15, 0.2) is 10.7 Å². The van der Waals surface area contributed by atoms with Crippen molar-refractivity contribution < 1.29 is 36.8 Å². The molecule has 334 valence electrons. The van der Waals surface area contributed by atoms with Crippen LogP contribution >= 0.6 is 23.2 Å². The van der Waals surface area contributed by atoms with E-state index in [-0.39, 0.29) is 65.1 Å². The minimum atomic E-state index is -4.44. The summed E-state index contributed by atoms with van der Waals surface area (Å²) < 4.78 is 60.8. The lowest BCUT2D eigenvalue weighted by atomic mass is 9.79. The Morgan fingerprint density at radius 1 is 1.03 bits per heavy atom. The van der Waals surface area contributed by atoms with E-state index in [2.05, 4.69) is 10.6 Å². The first kappa shape index (κ1) is 43.7. The van der Waals surface area contributed by atoms with E-state index in [1.54, 1.807) is 55.7 Å². The normalized spacial score (nSPS) is 23.0. The molecule has 0 spiro atoms. The van der Waals surface area contributed by atoms with Crippen LogP contribution in [0.3, 0.4) is 0 Å². The number of pyridine rings is 1. The molecule has 15 nitrogen and oxygen atoms in total. The summed E-state index contributed by atoms with van der Waals surface area (Å²) in [6.45, 7) is 7.30. The number of methoxy groups -OCH3 is 1. The van der Waals surface area contributed by atoms with E-state index < -0.39 is 67.1 Å². The highest BCUT2D eigenvalue weighted by molar-refractivity contribution is 7.89. The van der Waals surface area contributed by atoms with Crippen LogP contribution in [0.15, 0.2) is 59.5 Å². The van der Waals surface area contributed by atoms with E-state index >= 15 is 4.39 Å². The Morgan fingerprint density at radius 3 is 2.48 bits per heavy atom. The monoisotopic (exact) mass is 931 g/mol. The molecule has 4 bridgehead atoms. The first-order valence-electron chi connectivity index (χ1n) is 20.9. The molecule has 1 saturated carbocycles. The van der Waals surface area contributed by atoms with Gasteiger partial charge < -0.3 is 18.9 Å². The number of aryl methyl sites for hydroxylation is 2. The summed E-state index contributed by atoms with van der Waals surface area (Å²) in [7, 11) is -3.19. The zero-order valence-corrected chi connectivity index (χ0v) is 37.9. The van der Waals surface area contributed by atoms with Crippen molar-refractivity contribution in [2.75, 3.05) is 26.7 Å². The fraction of sp³-hybridized carbons (Fsp3) is 0.422. The molecule has 5 aliphatic rings. The van der Waals surface area contributed by atoms with E-state index in [4.69, 9.17) is 37.7 Å². The van der Waals surface area contributed by atoms with Crippen molar-refractivity contribution in [3.8, 4) is 17.2 Å². The van der Waals surface area contributed by atoms with Gasteiger partial charge in [0.25, 0.3) is 5.69 Å².